The Balaban J connectivity index is 1.37. The van der Waals surface area contributed by atoms with E-state index in [2.05, 4.69) is 46.3 Å². The Morgan fingerprint density at radius 3 is 2.36 bits per heavy atom. The molecule has 0 N–H and O–H groups in total. The summed E-state index contributed by atoms with van der Waals surface area (Å²) in [5.74, 6) is 1.20. The van der Waals surface area contributed by atoms with Gasteiger partial charge in [-0.05, 0) is 34.9 Å². The minimum absolute atomic E-state index is 0.174. The number of thioether (sulfide) groups is 1. The molecule has 4 nitrogen and oxygen atoms in total. The Labute approximate surface area is 169 Å². The van der Waals surface area contributed by atoms with Gasteiger partial charge < -0.3 is 9.80 Å². The molecule has 0 radical (unpaired) electrons. The summed E-state index contributed by atoms with van der Waals surface area (Å²) >= 11 is 1.68. The van der Waals surface area contributed by atoms with Crippen LogP contribution in [-0.4, -0.2) is 42.0 Å². The van der Waals surface area contributed by atoms with Gasteiger partial charge in [0.25, 0.3) is 0 Å². The van der Waals surface area contributed by atoms with Crippen LogP contribution in [0.2, 0.25) is 0 Å². The molecule has 28 heavy (non-hydrogen) atoms. The van der Waals surface area contributed by atoms with E-state index in [-0.39, 0.29) is 11.2 Å². The smallest absolute Gasteiger partial charge is 0.240 e. The van der Waals surface area contributed by atoms with Gasteiger partial charge in [0.1, 0.15) is 11.1 Å². The largest absolute Gasteiger partial charge is 0.353 e. The SMILES string of the molecule is O=C(C1Sc2ccccc2-c2ccccc21)N1CCN(c2ccccn2)CC1. The number of anilines is 1. The second kappa shape index (κ2) is 7.32. The number of fused-ring (bicyclic) bond motifs is 3. The molecule has 0 aliphatic carbocycles. The number of pyridine rings is 1. The van der Waals surface area contributed by atoms with Crippen molar-refractivity contribution in [2.45, 2.75) is 10.1 Å². The van der Waals surface area contributed by atoms with Crippen molar-refractivity contribution in [2.75, 3.05) is 31.1 Å². The van der Waals surface area contributed by atoms with Crippen LogP contribution in [0.25, 0.3) is 11.1 Å². The number of piperazine rings is 1. The topological polar surface area (TPSA) is 36.4 Å². The normalized spacial score (nSPS) is 18.4. The van der Waals surface area contributed by atoms with Gasteiger partial charge in [-0.25, -0.2) is 4.98 Å². The van der Waals surface area contributed by atoms with Gasteiger partial charge in [-0.2, -0.15) is 0 Å². The van der Waals surface area contributed by atoms with Crippen molar-refractivity contribution in [3.63, 3.8) is 0 Å². The van der Waals surface area contributed by atoms with E-state index in [4.69, 9.17) is 0 Å². The van der Waals surface area contributed by atoms with Gasteiger partial charge in [0, 0.05) is 37.3 Å². The van der Waals surface area contributed by atoms with E-state index in [1.807, 2.05) is 41.4 Å². The number of rotatable bonds is 2. The van der Waals surface area contributed by atoms with Gasteiger partial charge in [0.05, 0.1) is 0 Å². The summed E-state index contributed by atoms with van der Waals surface area (Å²) in [5.41, 5.74) is 3.54. The molecule has 1 fully saturated rings. The second-order valence-electron chi connectivity index (χ2n) is 7.08. The lowest BCUT2D eigenvalue weighted by molar-refractivity contribution is -0.131. The molecule has 5 rings (SSSR count). The maximum atomic E-state index is 13.4. The molecule has 0 saturated carbocycles. The highest BCUT2D eigenvalue weighted by Crippen LogP contribution is 2.49. The van der Waals surface area contributed by atoms with Crippen LogP contribution in [0.15, 0.2) is 77.8 Å². The molecule has 1 aromatic heterocycles. The molecule has 1 saturated heterocycles. The predicted octanol–water partition coefficient (Wildman–Crippen LogP) is 4.24. The molecule has 2 aliphatic rings. The monoisotopic (exact) mass is 387 g/mol. The highest BCUT2D eigenvalue weighted by atomic mass is 32.2. The zero-order valence-electron chi connectivity index (χ0n) is 15.5. The first-order chi connectivity index (χ1) is 13.8. The quantitative estimate of drug-likeness (QED) is 0.659. The molecule has 5 heteroatoms. The molecule has 3 aromatic rings. The number of benzene rings is 2. The van der Waals surface area contributed by atoms with Crippen LogP contribution in [0.5, 0.6) is 0 Å². The number of amides is 1. The minimum Gasteiger partial charge on any atom is -0.353 e. The minimum atomic E-state index is -0.174. The van der Waals surface area contributed by atoms with E-state index < -0.39 is 0 Å². The molecule has 2 aromatic carbocycles. The van der Waals surface area contributed by atoms with Crippen LogP contribution in [0, 0.1) is 0 Å². The highest BCUT2D eigenvalue weighted by Gasteiger charge is 2.34. The molecule has 1 unspecified atom stereocenters. The summed E-state index contributed by atoms with van der Waals surface area (Å²) < 4.78 is 0. The Hall–Kier alpha value is -2.79. The van der Waals surface area contributed by atoms with Gasteiger partial charge in [-0.1, -0.05) is 48.5 Å². The summed E-state index contributed by atoms with van der Waals surface area (Å²) in [4.78, 5) is 23.3. The molecule has 1 atom stereocenters. The fourth-order valence-electron chi connectivity index (χ4n) is 4.00. The molecule has 1 amide bonds. The first kappa shape index (κ1) is 17.3. The summed E-state index contributed by atoms with van der Waals surface area (Å²) in [6, 6.07) is 22.7. The van der Waals surface area contributed by atoms with Crippen molar-refractivity contribution in [1.29, 1.82) is 0 Å². The lowest BCUT2D eigenvalue weighted by atomic mass is 9.96. The zero-order chi connectivity index (χ0) is 18.9. The first-order valence-corrected chi connectivity index (χ1v) is 10.5. The molecule has 0 bridgehead atoms. The average molecular weight is 388 g/mol. The van der Waals surface area contributed by atoms with Gasteiger partial charge in [0.15, 0.2) is 0 Å². The van der Waals surface area contributed by atoms with Crippen LogP contribution in [0.1, 0.15) is 10.8 Å². The second-order valence-corrected chi connectivity index (χ2v) is 8.23. The number of hydrogen-bond donors (Lipinski definition) is 0. The van der Waals surface area contributed by atoms with Crippen molar-refractivity contribution in [3.05, 3.63) is 78.5 Å². The predicted molar refractivity (Wildman–Crippen MR) is 114 cm³/mol. The van der Waals surface area contributed by atoms with Crippen molar-refractivity contribution in [1.82, 2.24) is 9.88 Å². The zero-order valence-corrected chi connectivity index (χ0v) is 16.3. The van der Waals surface area contributed by atoms with E-state index in [0.717, 1.165) is 37.6 Å². The van der Waals surface area contributed by atoms with Crippen molar-refractivity contribution in [3.8, 4) is 11.1 Å². The Bertz CT molecular complexity index is 999. The van der Waals surface area contributed by atoms with E-state index in [1.165, 1.54) is 16.0 Å². The molecule has 0 spiro atoms. The van der Waals surface area contributed by atoms with Crippen LogP contribution < -0.4 is 4.90 Å². The first-order valence-electron chi connectivity index (χ1n) is 9.61. The van der Waals surface area contributed by atoms with Gasteiger partial charge in [0.2, 0.25) is 5.91 Å². The third-order valence-corrected chi connectivity index (χ3v) is 6.76. The number of hydrogen-bond acceptors (Lipinski definition) is 4. The van der Waals surface area contributed by atoms with Gasteiger partial charge in [-0.3, -0.25) is 4.79 Å². The van der Waals surface area contributed by atoms with Crippen molar-refractivity contribution in [2.24, 2.45) is 0 Å². The van der Waals surface area contributed by atoms with Crippen LogP contribution in [0.3, 0.4) is 0 Å². The van der Waals surface area contributed by atoms with Crippen molar-refractivity contribution >= 4 is 23.5 Å². The summed E-state index contributed by atoms with van der Waals surface area (Å²) in [6.07, 6.45) is 1.82. The number of carbonyl (C=O) groups excluding carboxylic acids is 1. The van der Waals surface area contributed by atoms with Crippen LogP contribution in [0.4, 0.5) is 5.82 Å². The van der Waals surface area contributed by atoms with E-state index in [0.29, 0.717) is 0 Å². The summed E-state index contributed by atoms with van der Waals surface area (Å²) in [5, 5.41) is -0.174. The highest BCUT2D eigenvalue weighted by molar-refractivity contribution is 8.00. The Morgan fingerprint density at radius 1 is 0.857 bits per heavy atom. The molecule has 3 heterocycles. The molecular formula is C23H21N3OS. The standard InChI is InChI=1S/C23H21N3OS/c27-23(26-15-13-25(14-16-26)21-11-5-6-12-24-21)22-19-9-2-1-7-17(19)18-8-3-4-10-20(18)28-22/h1-12,22H,13-16H2. The maximum absolute atomic E-state index is 13.4. The van der Waals surface area contributed by atoms with Gasteiger partial charge in [-0.15, -0.1) is 11.8 Å². The molecular weight excluding hydrogens is 366 g/mol. The fourth-order valence-corrected chi connectivity index (χ4v) is 5.30. The fraction of sp³-hybridized carbons (Fsp3) is 0.217. The third kappa shape index (κ3) is 3.06. The van der Waals surface area contributed by atoms with E-state index >= 15 is 0 Å². The van der Waals surface area contributed by atoms with E-state index in [9.17, 15) is 4.79 Å². The third-order valence-electron chi connectivity index (χ3n) is 5.45. The number of nitrogens with zero attached hydrogens (tertiary/aromatic N) is 3. The summed E-state index contributed by atoms with van der Waals surface area (Å²) in [7, 11) is 0. The number of aromatic nitrogens is 1. The van der Waals surface area contributed by atoms with Crippen molar-refractivity contribution < 1.29 is 4.79 Å². The lowest BCUT2D eigenvalue weighted by Gasteiger charge is -2.38. The van der Waals surface area contributed by atoms with Gasteiger partial charge >= 0.3 is 0 Å². The maximum Gasteiger partial charge on any atom is 0.240 e. The average Bonchev–Trinajstić information content (AvgIpc) is 2.79. The number of carbonyl (C=O) groups is 1. The molecule has 2 aliphatic heterocycles. The Kier molecular flexibility index (Phi) is 4.53. The lowest BCUT2D eigenvalue weighted by Crippen LogP contribution is -2.50. The van der Waals surface area contributed by atoms with E-state index in [1.54, 1.807) is 11.8 Å². The molecule has 140 valence electrons. The van der Waals surface area contributed by atoms with Crippen LogP contribution in [-0.2, 0) is 4.79 Å². The summed E-state index contributed by atoms with van der Waals surface area (Å²) in [6.45, 7) is 3.10. The Morgan fingerprint density at radius 2 is 1.57 bits per heavy atom. The van der Waals surface area contributed by atoms with Crippen LogP contribution >= 0.6 is 11.8 Å².